The maximum absolute atomic E-state index is 3.11. The fourth-order valence-corrected chi connectivity index (χ4v) is 2.56. The second-order valence-electron chi connectivity index (χ2n) is 4.11. The molecule has 0 aromatic rings. The summed E-state index contributed by atoms with van der Waals surface area (Å²) in [6.07, 6.45) is 3.66. The van der Waals surface area contributed by atoms with E-state index in [1.165, 1.54) is 25.8 Å². The fraction of sp³-hybridized carbons (Fsp3) is 0.615. The van der Waals surface area contributed by atoms with Gasteiger partial charge in [-0.1, -0.05) is 7.43 Å². The van der Waals surface area contributed by atoms with Crippen LogP contribution < -0.4 is 0 Å². The van der Waals surface area contributed by atoms with E-state index in [1.54, 1.807) is 52.1 Å². The van der Waals surface area contributed by atoms with Gasteiger partial charge in [0.15, 0.2) is 0 Å². The van der Waals surface area contributed by atoms with E-state index >= 15 is 0 Å². The van der Waals surface area contributed by atoms with Gasteiger partial charge in [-0.3, -0.25) is 0 Å². The van der Waals surface area contributed by atoms with E-state index < -0.39 is 0 Å². The van der Waals surface area contributed by atoms with Gasteiger partial charge in [0.25, 0.3) is 0 Å². The van der Waals surface area contributed by atoms with Gasteiger partial charge in [0.2, 0.25) is 0 Å². The molecular formula is C13H21W15-. The number of allylic oxidation sites excluding steroid dienone is 2. The Morgan fingerprint density at radius 2 is 0.964 bits per heavy atom. The zero-order chi connectivity index (χ0) is 12.0. The van der Waals surface area contributed by atoms with Crippen LogP contribution >= 0.6 is 0 Å². The average Bonchev–Trinajstić information content (AvgIpc) is 2.48. The summed E-state index contributed by atoms with van der Waals surface area (Å²) in [6.45, 7) is 8.82. The number of rotatable bonds is 2. The molecule has 0 aromatic heterocycles. The van der Waals surface area contributed by atoms with Gasteiger partial charge < -0.3 is 0 Å². The Bertz CT molecular complexity index is 302. The summed E-state index contributed by atoms with van der Waals surface area (Å²) in [6, 6.07) is 0. The van der Waals surface area contributed by atoms with E-state index in [2.05, 4.69) is 38.2 Å². The van der Waals surface area contributed by atoms with Gasteiger partial charge in [-0.15, -0.1) is 0 Å². The molecule has 0 unspecified atom stereocenters. The molecule has 15 heteroatoms. The van der Waals surface area contributed by atoms with E-state index in [9.17, 15) is 0 Å². The maximum Gasteiger partial charge on any atom is 0 e. The molecule has 0 saturated carbocycles. The first-order chi connectivity index (χ1) is 6.88. The molecule has 0 bridgehead atoms. The quantitative estimate of drug-likeness (QED) is 0.374. The zero-order valence-corrected chi connectivity index (χ0v) is 58.6. The van der Waals surface area contributed by atoms with Crippen LogP contribution in [-0.2, 0) is 311 Å². The normalized spacial score (nSPS) is 8.14. The van der Waals surface area contributed by atoms with Crippen LogP contribution in [0.5, 0.6) is 0 Å². The predicted octanol–water partition coefficient (Wildman–Crippen LogP) is 2.89. The summed E-state index contributed by atoms with van der Waals surface area (Å²) in [5.41, 5.74) is 1.63. The Hall–Kier alpha value is 9.67. The molecule has 28 heavy (non-hydrogen) atoms. The van der Waals surface area contributed by atoms with Crippen molar-refractivity contribution in [2.45, 2.75) is 41.5 Å². The van der Waals surface area contributed by atoms with Gasteiger partial charge in [0.05, 0.1) is 0 Å². The standard InChI is InChI=1S/C8H10.C4H7.CH4.15W/c1-7(2)8-5-3-4-6-8;1-4(2)3;;;;;;;;;;;;;;;;/h5,7H,6H2,1-2H3;4H,1-2H3;1H4;;;;;;;;;;;;;;;/q;-1;;;;;;;;;;;;;;;;. The minimum Gasteiger partial charge on any atom is 0 e. The van der Waals surface area contributed by atoms with Crippen LogP contribution in [0.3, 0.4) is 0 Å². The van der Waals surface area contributed by atoms with Crippen molar-refractivity contribution in [1.82, 2.24) is 0 Å². The van der Waals surface area contributed by atoms with Crippen molar-refractivity contribution in [3.8, 4) is 0 Å². The Kier molecular flexibility index (Phi) is 197. The van der Waals surface area contributed by atoms with E-state index in [4.69, 9.17) is 0 Å². The van der Waals surface area contributed by atoms with E-state index in [-0.39, 0.29) is 260 Å². The summed E-state index contributed by atoms with van der Waals surface area (Å²) in [4.78, 5) is 0. The first kappa shape index (κ1) is 90.4. The van der Waals surface area contributed by atoms with Crippen LogP contribution in [0.25, 0.3) is 0 Å². The smallest absolute Gasteiger partial charge is 0 e. The van der Waals surface area contributed by atoms with Crippen LogP contribution in [0.2, 0.25) is 0 Å². The van der Waals surface area contributed by atoms with Crippen LogP contribution in [-0.4, -0.2) is 12.2 Å². The molecule has 0 heterocycles. The third kappa shape index (κ3) is 56.0. The molecule has 0 amide bonds. The Labute approximate surface area is 379 Å². The van der Waals surface area contributed by atoms with Crippen LogP contribution in [0.1, 0.15) is 41.5 Å². The van der Waals surface area contributed by atoms with Gasteiger partial charge >= 0.3 is 128 Å². The third-order valence-electron chi connectivity index (χ3n) is 1.93. The summed E-state index contributed by atoms with van der Waals surface area (Å²) in [5.74, 6) is 1.43. The molecule has 0 atom stereocenters. The van der Waals surface area contributed by atoms with Crippen molar-refractivity contribution in [3.05, 3.63) is 11.6 Å². The molecule has 0 aromatic carbocycles. The van der Waals surface area contributed by atoms with Crippen LogP contribution in [0.4, 0.5) is 0 Å². The van der Waals surface area contributed by atoms with Gasteiger partial charge in [0.1, 0.15) is 0 Å². The first-order valence-corrected chi connectivity index (χ1v) is 9.43. The Morgan fingerprint density at radius 3 is 1.04 bits per heavy atom. The topological polar surface area (TPSA) is 0 Å². The molecule has 0 spiro atoms. The molecular weight excluding hydrogens is 2910 g/mol. The number of hydrogen-bond donors (Lipinski definition) is 0. The number of hydrogen-bond acceptors (Lipinski definition) is 0. The van der Waals surface area contributed by atoms with Crippen molar-refractivity contribution in [2.24, 2.45) is 11.8 Å². The van der Waals surface area contributed by atoms with E-state index in [0.29, 0.717) is 5.92 Å². The van der Waals surface area contributed by atoms with Gasteiger partial charge in [-0.2, -0.15) is 0 Å². The first-order valence-electron chi connectivity index (χ1n) is 5.03. The van der Waals surface area contributed by atoms with Crippen LogP contribution in [0, 0.1) is 11.8 Å². The third-order valence-corrected chi connectivity index (χ3v) is 8.26. The van der Waals surface area contributed by atoms with E-state index in [0.717, 1.165) is 5.92 Å². The SMILES string of the molecule is C.CC(C)C1=C[C](=[W])[C](=[W])C1.CC(C)[C-]=[W].[W].[W].[W].[W].[W].[W].[W].[W].[W].[W].[W].[W]. The molecule has 0 saturated heterocycles. The second-order valence-corrected chi connectivity index (χ2v) is 8.31. The summed E-state index contributed by atoms with van der Waals surface area (Å²) >= 11 is 4.75. The molecule has 1 aliphatic rings. The molecule has 0 N–H and O–H groups in total. The largest absolute Gasteiger partial charge is 0 e. The summed E-state index contributed by atoms with van der Waals surface area (Å²) in [5, 5.41) is 0. The average molecular weight is 2930 g/mol. The van der Waals surface area contributed by atoms with Crippen LogP contribution in [0.15, 0.2) is 11.6 Å². The zero-order valence-electron chi connectivity index (χ0n) is 14.6. The minimum atomic E-state index is 0. The predicted molar refractivity (Wildman–Crippen MR) is 64.1 cm³/mol. The van der Waals surface area contributed by atoms with E-state index in [1.807, 2.05) is 0 Å². The summed E-state index contributed by atoms with van der Waals surface area (Å²) in [7, 11) is 0. The second kappa shape index (κ2) is 60.9. The molecule has 164 valence electrons. The van der Waals surface area contributed by atoms with Gasteiger partial charge in [-0.05, 0) is 0 Å². The Morgan fingerprint density at radius 1 is 0.714 bits per heavy atom. The van der Waals surface area contributed by atoms with Crippen molar-refractivity contribution < 1.29 is 311 Å². The van der Waals surface area contributed by atoms with Crippen molar-refractivity contribution in [3.63, 3.8) is 0 Å². The maximum atomic E-state index is 3.11. The molecule has 0 radical (unpaired) electrons. The molecule has 1 aliphatic carbocycles. The Balaban J connectivity index is -0.00000000851. The minimum absolute atomic E-state index is 0. The van der Waals surface area contributed by atoms with Crippen molar-refractivity contribution in [1.29, 1.82) is 0 Å². The summed E-state index contributed by atoms with van der Waals surface area (Å²) < 4.78 is 6.37. The molecule has 0 fully saturated rings. The van der Waals surface area contributed by atoms with Crippen molar-refractivity contribution in [2.75, 3.05) is 0 Å². The molecule has 0 aliphatic heterocycles. The fourth-order valence-electron chi connectivity index (χ4n) is 0.943. The van der Waals surface area contributed by atoms with Crippen molar-refractivity contribution >= 4 is 12.2 Å². The van der Waals surface area contributed by atoms with Gasteiger partial charge in [0, 0.05) is 253 Å². The van der Waals surface area contributed by atoms with Gasteiger partial charge in [-0.25, -0.2) is 0 Å². The molecule has 1 rings (SSSR count). The monoisotopic (exact) mass is 2940 g/mol. The molecule has 0 nitrogen and oxygen atoms in total.